The van der Waals surface area contributed by atoms with Crippen LogP contribution >= 0.6 is 0 Å². The summed E-state index contributed by atoms with van der Waals surface area (Å²) in [4.78, 5) is 28.1. The van der Waals surface area contributed by atoms with E-state index in [2.05, 4.69) is 5.32 Å². The van der Waals surface area contributed by atoms with Gasteiger partial charge in [0.25, 0.3) is 10.0 Å². The third-order valence-corrected chi connectivity index (χ3v) is 8.10. The highest BCUT2D eigenvalue weighted by Crippen LogP contribution is 2.27. The second-order valence-electron chi connectivity index (χ2n) is 9.04. The Morgan fingerprint density at radius 3 is 2.24 bits per heavy atom. The fourth-order valence-corrected chi connectivity index (χ4v) is 5.42. The molecule has 0 saturated heterocycles. The molecule has 3 rings (SSSR count). The molecule has 1 unspecified atom stereocenters. The van der Waals surface area contributed by atoms with Crippen molar-refractivity contribution in [3.8, 4) is 0 Å². The lowest BCUT2D eigenvalue weighted by molar-refractivity contribution is -0.139. The predicted molar refractivity (Wildman–Crippen MR) is 146 cm³/mol. The van der Waals surface area contributed by atoms with E-state index in [1.54, 1.807) is 25.1 Å². The van der Waals surface area contributed by atoms with Crippen LogP contribution in [0.1, 0.15) is 37.8 Å². The molecule has 0 aliphatic rings. The van der Waals surface area contributed by atoms with Crippen LogP contribution in [0.5, 0.6) is 0 Å². The number of rotatable bonds is 12. The van der Waals surface area contributed by atoms with Gasteiger partial charge < -0.3 is 10.2 Å². The lowest BCUT2D eigenvalue weighted by Gasteiger charge is -2.32. The molecule has 0 radical (unpaired) electrons. The van der Waals surface area contributed by atoms with Crippen molar-refractivity contribution in [2.45, 2.75) is 51.1 Å². The number of anilines is 1. The molecular formula is C29H34FN3O4S. The Kier molecular flexibility index (Phi) is 10.0. The molecule has 9 heteroatoms. The first-order valence-electron chi connectivity index (χ1n) is 12.6. The van der Waals surface area contributed by atoms with Gasteiger partial charge in [-0.2, -0.15) is 0 Å². The van der Waals surface area contributed by atoms with E-state index in [0.29, 0.717) is 6.54 Å². The normalized spacial score (nSPS) is 12.0. The number of hydrogen-bond donors (Lipinski definition) is 1. The van der Waals surface area contributed by atoms with Crippen molar-refractivity contribution in [2.24, 2.45) is 0 Å². The quantitative estimate of drug-likeness (QED) is 0.339. The largest absolute Gasteiger partial charge is 0.354 e. The maximum Gasteiger partial charge on any atom is 0.264 e. The second kappa shape index (κ2) is 13.2. The first-order chi connectivity index (χ1) is 18.2. The summed E-state index contributed by atoms with van der Waals surface area (Å²) in [6, 6.07) is 19.5. The minimum atomic E-state index is -4.30. The Bertz CT molecular complexity index is 1350. The summed E-state index contributed by atoms with van der Waals surface area (Å²) in [5.41, 5.74) is 1.49. The number of nitrogens with one attached hydrogen (secondary N) is 1. The molecule has 1 atom stereocenters. The molecule has 3 aromatic carbocycles. The molecule has 0 saturated carbocycles. The van der Waals surface area contributed by atoms with Crippen molar-refractivity contribution in [3.63, 3.8) is 0 Å². The van der Waals surface area contributed by atoms with Gasteiger partial charge in [0.15, 0.2) is 0 Å². The first-order valence-corrected chi connectivity index (χ1v) is 14.0. The van der Waals surface area contributed by atoms with Crippen LogP contribution in [0.2, 0.25) is 0 Å². The number of sulfonamides is 1. The Morgan fingerprint density at radius 2 is 1.58 bits per heavy atom. The molecule has 0 heterocycles. The van der Waals surface area contributed by atoms with Gasteiger partial charge in [0.2, 0.25) is 11.8 Å². The van der Waals surface area contributed by atoms with Crippen molar-refractivity contribution >= 4 is 27.5 Å². The molecule has 0 aromatic heterocycles. The van der Waals surface area contributed by atoms with Gasteiger partial charge in [-0.15, -0.1) is 0 Å². The molecule has 0 fully saturated rings. The number of carbonyl (C=O) groups excluding carboxylic acids is 2. The number of para-hydroxylation sites is 1. The Balaban J connectivity index is 2.01. The summed E-state index contributed by atoms with van der Waals surface area (Å²) in [7, 11) is -4.30. The number of carbonyl (C=O) groups is 2. The second-order valence-corrected chi connectivity index (χ2v) is 10.9. The van der Waals surface area contributed by atoms with Crippen LogP contribution in [-0.2, 0) is 26.2 Å². The summed E-state index contributed by atoms with van der Waals surface area (Å²) in [5, 5.41) is 2.84. The summed E-state index contributed by atoms with van der Waals surface area (Å²) in [6.07, 6.45) is 1.69. The number of unbranched alkanes of at least 4 members (excludes halogenated alkanes) is 1. The standard InChI is InChI=1S/C29H34FN3O4S/c1-4-5-19-31-29(35)23(3)32(20-24-14-10-9-13-22(24)2)28(34)21-33(27-18-12-11-17-26(27)30)38(36,37)25-15-7-6-8-16-25/h6-18,23H,4-5,19-21H2,1-3H3,(H,31,35). The van der Waals surface area contributed by atoms with E-state index in [1.165, 1.54) is 35.2 Å². The zero-order chi connectivity index (χ0) is 27.7. The molecule has 0 aliphatic carbocycles. The van der Waals surface area contributed by atoms with Gasteiger partial charge in [0, 0.05) is 13.1 Å². The third-order valence-electron chi connectivity index (χ3n) is 6.33. The molecular weight excluding hydrogens is 505 g/mol. The minimum Gasteiger partial charge on any atom is -0.354 e. The smallest absolute Gasteiger partial charge is 0.264 e. The molecule has 0 aliphatic heterocycles. The molecule has 0 bridgehead atoms. The maximum atomic E-state index is 14.9. The minimum absolute atomic E-state index is 0.0770. The third kappa shape index (κ3) is 6.98. The number of aryl methyl sites for hydroxylation is 1. The average Bonchev–Trinajstić information content (AvgIpc) is 2.91. The van der Waals surface area contributed by atoms with Crippen LogP contribution in [-0.4, -0.2) is 44.3 Å². The Hall–Kier alpha value is -3.72. The highest BCUT2D eigenvalue weighted by molar-refractivity contribution is 7.92. The molecule has 0 spiro atoms. The van der Waals surface area contributed by atoms with Crippen molar-refractivity contribution in [3.05, 3.63) is 95.8 Å². The van der Waals surface area contributed by atoms with Crippen LogP contribution < -0.4 is 9.62 Å². The lowest BCUT2D eigenvalue weighted by atomic mass is 10.1. The topological polar surface area (TPSA) is 86.8 Å². The average molecular weight is 540 g/mol. The SMILES string of the molecule is CCCCNC(=O)C(C)N(Cc1ccccc1C)C(=O)CN(c1ccccc1F)S(=O)(=O)c1ccccc1. The Labute approximate surface area is 224 Å². The zero-order valence-corrected chi connectivity index (χ0v) is 22.7. The van der Waals surface area contributed by atoms with Gasteiger partial charge in [0.05, 0.1) is 10.6 Å². The summed E-state index contributed by atoms with van der Waals surface area (Å²) >= 11 is 0. The van der Waals surface area contributed by atoms with E-state index in [9.17, 15) is 22.4 Å². The first kappa shape index (κ1) is 28.8. The lowest BCUT2D eigenvalue weighted by Crippen LogP contribution is -2.51. The fourth-order valence-electron chi connectivity index (χ4n) is 3.98. The number of amides is 2. The number of benzene rings is 3. The van der Waals surface area contributed by atoms with E-state index in [4.69, 9.17) is 0 Å². The molecule has 3 aromatic rings. The Morgan fingerprint density at radius 1 is 0.947 bits per heavy atom. The van der Waals surface area contributed by atoms with Gasteiger partial charge in [-0.1, -0.05) is 67.9 Å². The molecule has 7 nitrogen and oxygen atoms in total. The summed E-state index contributed by atoms with van der Waals surface area (Å²) in [5.74, 6) is -1.76. The maximum absolute atomic E-state index is 14.9. The number of halogens is 1. The highest BCUT2D eigenvalue weighted by atomic mass is 32.2. The van der Waals surface area contributed by atoms with Crippen molar-refractivity contribution in [1.82, 2.24) is 10.2 Å². The van der Waals surface area contributed by atoms with E-state index in [0.717, 1.165) is 34.3 Å². The van der Waals surface area contributed by atoms with Crippen LogP contribution in [0.25, 0.3) is 0 Å². The van der Waals surface area contributed by atoms with Gasteiger partial charge >= 0.3 is 0 Å². The monoisotopic (exact) mass is 539 g/mol. The van der Waals surface area contributed by atoms with Crippen LogP contribution in [0.4, 0.5) is 10.1 Å². The zero-order valence-electron chi connectivity index (χ0n) is 21.9. The molecule has 202 valence electrons. The van der Waals surface area contributed by atoms with Crippen LogP contribution in [0, 0.1) is 12.7 Å². The molecule has 2 amide bonds. The van der Waals surface area contributed by atoms with Gasteiger partial charge in [-0.3, -0.25) is 13.9 Å². The van der Waals surface area contributed by atoms with Crippen molar-refractivity contribution < 1.29 is 22.4 Å². The van der Waals surface area contributed by atoms with Gasteiger partial charge in [-0.25, -0.2) is 12.8 Å². The van der Waals surface area contributed by atoms with E-state index < -0.39 is 34.3 Å². The van der Waals surface area contributed by atoms with E-state index in [1.807, 2.05) is 38.1 Å². The summed E-state index contributed by atoms with van der Waals surface area (Å²) in [6.45, 7) is 5.39. The summed E-state index contributed by atoms with van der Waals surface area (Å²) < 4.78 is 43.0. The van der Waals surface area contributed by atoms with Crippen LogP contribution in [0.15, 0.2) is 83.8 Å². The number of nitrogens with zero attached hydrogens (tertiary/aromatic N) is 2. The van der Waals surface area contributed by atoms with Crippen LogP contribution in [0.3, 0.4) is 0 Å². The highest BCUT2D eigenvalue weighted by Gasteiger charge is 2.33. The van der Waals surface area contributed by atoms with Crippen molar-refractivity contribution in [2.75, 3.05) is 17.4 Å². The molecule has 1 N–H and O–H groups in total. The van der Waals surface area contributed by atoms with Gasteiger partial charge in [-0.05, 0) is 55.7 Å². The molecule has 38 heavy (non-hydrogen) atoms. The fraction of sp³-hybridized carbons (Fsp3) is 0.310. The number of hydrogen-bond acceptors (Lipinski definition) is 4. The predicted octanol–water partition coefficient (Wildman–Crippen LogP) is 4.66. The van der Waals surface area contributed by atoms with Gasteiger partial charge in [0.1, 0.15) is 18.4 Å². The van der Waals surface area contributed by atoms with E-state index >= 15 is 0 Å². The van der Waals surface area contributed by atoms with E-state index in [-0.39, 0.29) is 23.0 Å². The van der Waals surface area contributed by atoms with Crippen molar-refractivity contribution in [1.29, 1.82) is 0 Å².